The summed E-state index contributed by atoms with van der Waals surface area (Å²) in [7, 11) is -2.41. The summed E-state index contributed by atoms with van der Waals surface area (Å²) in [6, 6.07) is 3.49. The molecule has 0 saturated heterocycles. The number of thioether (sulfide) groups is 1. The van der Waals surface area contributed by atoms with Gasteiger partial charge in [-0.2, -0.15) is 0 Å². The minimum absolute atomic E-state index is 0.176. The fraction of sp³-hybridized carbons (Fsp3) is 0.471. The second-order valence-corrected chi connectivity index (χ2v) is 11.2. The SMILES string of the molecule is COc1ccc(Cl)cc1N([C@@H](C)C(=O)Nc1nnc(SCC(C)C)s1)S(C)(=O)=O. The predicted octanol–water partition coefficient (Wildman–Crippen LogP) is 3.74. The molecule has 8 nitrogen and oxygen atoms in total. The highest BCUT2D eigenvalue weighted by atomic mass is 35.5. The third kappa shape index (κ3) is 6.46. The van der Waals surface area contributed by atoms with Gasteiger partial charge < -0.3 is 4.74 Å². The molecule has 0 saturated carbocycles. The molecule has 1 aromatic carbocycles. The highest BCUT2D eigenvalue weighted by Crippen LogP contribution is 2.34. The van der Waals surface area contributed by atoms with Gasteiger partial charge in [-0.3, -0.25) is 14.4 Å². The fourth-order valence-corrected chi connectivity index (χ4v) is 5.45. The van der Waals surface area contributed by atoms with E-state index in [0.717, 1.165) is 20.7 Å². The molecular formula is C17H23ClN4O4S3. The number of hydrogen-bond acceptors (Lipinski definition) is 8. The van der Waals surface area contributed by atoms with Crippen LogP contribution in [0.3, 0.4) is 0 Å². The second kappa shape index (κ2) is 9.96. The Morgan fingerprint density at radius 2 is 2.03 bits per heavy atom. The van der Waals surface area contributed by atoms with Gasteiger partial charge in [0, 0.05) is 10.8 Å². The van der Waals surface area contributed by atoms with E-state index in [0.29, 0.717) is 16.1 Å². The molecular weight excluding hydrogens is 456 g/mol. The first-order chi connectivity index (χ1) is 13.5. The summed E-state index contributed by atoms with van der Waals surface area (Å²) >= 11 is 8.84. The van der Waals surface area contributed by atoms with E-state index in [1.54, 1.807) is 23.9 Å². The maximum absolute atomic E-state index is 12.8. The van der Waals surface area contributed by atoms with Gasteiger partial charge in [-0.1, -0.05) is 48.5 Å². The van der Waals surface area contributed by atoms with Crippen molar-refractivity contribution in [3.05, 3.63) is 23.2 Å². The molecule has 29 heavy (non-hydrogen) atoms. The van der Waals surface area contributed by atoms with E-state index in [4.69, 9.17) is 16.3 Å². The molecule has 0 fully saturated rings. The Hall–Kier alpha value is -1.56. The molecule has 0 spiro atoms. The number of anilines is 2. The third-order valence-corrected chi connectivity index (χ3v) is 7.51. The lowest BCUT2D eigenvalue weighted by atomic mass is 10.2. The van der Waals surface area contributed by atoms with Gasteiger partial charge in [0.05, 0.1) is 19.1 Å². The molecule has 1 N–H and O–H groups in total. The second-order valence-electron chi connectivity index (χ2n) is 6.62. The van der Waals surface area contributed by atoms with E-state index in [2.05, 4.69) is 29.4 Å². The first kappa shape index (κ1) is 23.7. The van der Waals surface area contributed by atoms with E-state index < -0.39 is 22.0 Å². The number of sulfonamides is 1. The van der Waals surface area contributed by atoms with E-state index in [9.17, 15) is 13.2 Å². The number of benzene rings is 1. The van der Waals surface area contributed by atoms with Crippen molar-refractivity contribution in [1.29, 1.82) is 0 Å². The largest absolute Gasteiger partial charge is 0.495 e. The summed E-state index contributed by atoms with van der Waals surface area (Å²) in [5.41, 5.74) is 0.176. The van der Waals surface area contributed by atoms with Crippen molar-refractivity contribution in [2.75, 3.05) is 28.7 Å². The number of ether oxygens (including phenoxy) is 1. The van der Waals surface area contributed by atoms with E-state index in [1.807, 2.05) is 0 Å². The number of carbonyl (C=O) groups is 1. The summed E-state index contributed by atoms with van der Waals surface area (Å²) in [5.74, 6) is 1.12. The summed E-state index contributed by atoms with van der Waals surface area (Å²) in [5, 5.41) is 11.3. The minimum atomic E-state index is -3.82. The molecule has 1 amide bonds. The van der Waals surface area contributed by atoms with Crippen LogP contribution >= 0.6 is 34.7 Å². The third-order valence-electron chi connectivity index (χ3n) is 3.64. The molecule has 1 heterocycles. The number of nitrogens with one attached hydrogen (secondary N) is 1. The van der Waals surface area contributed by atoms with Gasteiger partial charge in [0.1, 0.15) is 11.8 Å². The number of aromatic nitrogens is 2. The number of amides is 1. The van der Waals surface area contributed by atoms with Crippen LogP contribution < -0.4 is 14.4 Å². The number of halogens is 1. The highest BCUT2D eigenvalue weighted by molar-refractivity contribution is 8.01. The summed E-state index contributed by atoms with van der Waals surface area (Å²) in [4.78, 5) is 12.8. The molecule has 0 unspecified atom stereocenters. The molecule has 0 aliphatic rings. The Labute approximate surface area is 184 Å². The number of hydrogen-bond donors (Lipinski definition) is 1. The molecule has 2 rings (SSSR count). The van der Waals surface area contributed by atoms with Crippen molar-refractivity contribution in [1.82, 2.24) is 10.2 Å². The molecule has 160 valence electrons. The fourth-order valence-electron chi connectivity index (χ4n) is 2.38. The highest BCUT2D eigenvalue weighted by Gasteiger charge is 2.32. The zero-order chi connectivity index (χ0) is 21.8. The number of rotatable bonds is 9. The Morgan fingerprint density at radius 1 is 1.34 bits per heavy atom. The van der Waals surface area contributed by atoms with Crippen LogP contribution in [0, 0.1) is 5.92 Å². The van der Waals surface area contributed by atoms with Crippen LogP contribution in [0.5, 0.6) is 5.75 Å². The van der Waals surface area contributed by atoms with Crippen molar-refractivity contribution in [2.45, 2.75) is 31.2 Å². The molecule has 0 aliphatic carbocycles. The molecule has 12 heteroatoms. The van der Waals surface area contributed by atoms with Gasteiger partial charge in [0.2, 0.25) is 21.1 Å². The average molecular weight is 479 g/mol. The Bertz CT molecular complexity index is 965. The van der Waals surface area contributed by atoms with Gasteiger partial charge in [-0.05, 0) is 31.0 Å². The normalized spacial score (nSPS) is 12.7. The topological polar surface area (TPSA) is 101 Å². The average Bonchev–Trinajstić information content (AvgIpc) is 3.06. The van der Waals surface area contributed by atoms with Crippen LogP contribution in [0.15, 0.2) is 22.5 Å². The van der Waals surface area contributed by atoms with E-state index in [-0.39, 0.29) is 11.4 Å². The van der Waals surface area contributed by atoms with Crippen molar-refractivity contribution in [2.24, 2.45) is 5.92 Å². The van der Waals surface area contributed by atoms with Crippen LogP contribution in [-0.2, 0) is 14.8 Å². The van der Waals surface area contributed by atoms with Crippen molar-refractivity contribution < 1.29 is 17.9 Å². The van der Waals surface area contributed by atoms with Gasteiger partial charge in [-0.25, -0.2) is 8.42 Å². The molecule has 1 atom stereocenters. The zero-order valence-electron chi connectivity index (χ0n) is 16.7. The smallest absolute Gasteiger partial charge is 0.249 e. The predicted molar refractivity (Wildman–Crippen MR) is 119 cm³/mol. The van der Waals surface area contributed by atoms with Gasteiger partial charge in [0.15, 0.2) is 4.34 Å². The van der Waals surface area contributed by atoms with E-state index >= 15 is 0 Å². The van der Waals surface area contributed by atoms with Gasteiger partial charge >= 0.3 is 0 Å². The standard InChI is InChI=1S/C17H23ClN4O4S3/c1-10(2)9-27-17-21-20-16(28-17)19-15(23)11(3)22(29(5,24)25)13-8-12(18)6-7-14(13)26-4/h6-8,10-11H,9H2,1-5H3,(H,19,20,23)/t11-/m0/s1. The van der Waals surface area contributed by atoms with Crippen LogP contribution in [0.2, 0.25) is 5.02 Å². The first-order valence-corrected chi connectivity index (χ1v) is 12.7. The van der Waals surface area contributed by atoms with Crippen molar-refractivity contribution in [3.8, 4) is 5.75 Å². The van der Waals surface area contributed by atoms with Crippen molar-refractivity contribution >= 4 is 61.4 Å². The summed E-state index contributed by atoms with van der Waals surface area (Å²) in [6.45, 7) is 5.68. The Kier molecular flexibility index (Phi) is 8.15. The number of nitrogens with zero attached hydrogens (tertiary/aromatic N) is 3. The van der Waals surface area contributed by atoms with E-state index in [1.165, 1.54) is 31.4 Å². The molecule has 1 aromatic heterocycles. The molecule has 2 aromatic rings. The van der Waals surface area contributed by atoms with Crippen LogP contribution in [0.1, 0.15) is 20.8 Å². The molecule has 0 radical (unpaired) electrons. The lowest BCUT2D eigenvalue weighted by molar-refractivity contribution is -0.116. The minimum Gasteiger partial charge on any atom is -0.495 e. The maximum Gasteiger partial charge on any atom is 0.249 e. The number of carbonyl (C=O) groups excluding carboxylic acids is 1. The van der Waals surface area contributed by atoms with Crippen LogP contribution in [0.25, 0.3) is 0 Å². The molecule has 0 aliphatic heterocycles. The Balaban J connectivity index is 2.25. The van der Waals surface area contributed by atoms with Crippen molar-refractivity contribution in [3.63, 3.8) is 0 Å². The maximum atomic E-state index is 12.8. The van der Waals surface area contributed by atoms with Crippen LogP contribution in [0.4, 0.5) is 10.8 Å². The lowest BCUT2D eigenvalue weighted by Crippen LogP contribution is -2.45. The van der Waals surface area contributed by atoms with Crippen LogP contribution in [-0.4, -0.2) is 49.7 Å². The summed E-state index contributed by atoms with van der Waals surface area (Å²) < 4.78 is 31.9. The lowest BCUT2D eigenvalue weighted by Gasteiger charge is -2.29. The summed E-state index contributed by atoms with van der Waals surface area (Å²) in [6.07, 6.45) is 1.02. The monoisotopic (exact) mass is 478 g/mol. The quantitative estimate of drug-likeness (QED) is 0.432. The number of methoxy groups -OCH3 is 1. The van der Waals surface area contributed by atoms with Gasteiger partial charge in [0.25, 0.3) is 0 Å². The molecule has 0 bridgehead atoms. The Morgan fingerprint density at radius 3 is 2.62 bits per heavy atom. The first-order valence-electron chi connectivity index (χ1n) is 8.63. The zero-order valence-corrected chi connectivity index (χ0v) is 19.9. The van der Waals surface area contributed by atoms with Gasteiger partial charge in [-0.15, -0.1) is 10.2 Å².